The van der Waals surface area contributed by atoms with Crippen LogP contribution in [0.1, 0.15) is 46.0 Å². The van der Waals surface area contributed by atoms with Gasteiger partial charge >= 0.3 is 5.97 Å². The standard InChI is InChI=1S/C14H24O3S/c1-13(2)5-4-11(17-13)9-18-10-14(6-7-14)8-12(15)16-3/h11H,4-10H2,1-3H3. The lowest BCUT2D eigenvalue weighted by molar-refractivity contribution is -0.141. The third kappa shape index (κ3) is 3.89. The van der Waals surface area contributed by atoms with Crippen LogP contribution in [0.25, 0.3) is 0 Å². The van der Waals surface area contributed by atoms with Gasteiger partial charge < -0.3 is 9.47 Å². The Morgan fingerprint density at radius 3 is 2.61 bits per heavy atom. The number of carbonyl (C=O) groups is 1. The van der Waals surface area contributed by atoms with E-state index in [4.69, 9.17) is 9.47 Å². The van der Waals surface area contributed by atoms with Crippen molar-refractivity contribution >= 4 is 17.7 Å². The van der Waals surface area contributed by atoms with Crippen LogP contribution in [0.4, 0.5) is 0 Å². The molecule has 1 aliphatic heterocycles. The van der Waals surface area contributed by atoms with Gasteiger partial charge in [-0.15, -0.1) is 0 Å². The fraction of sp³-hybridized carbons (Fsp3) is 0.929. The van der Waals surface area contributed by atoms with E-state index in [9.17, 15) is 4.79 Å². The zero-order valence-corrected chi connectivity index (χ0v) is 12.5. The molecule has 0 aromatic heterocycles. The molecular weight excluding hydrogens is 248 g/mol. The van der Waals surface area contributed by atoms with Gasteiger partial charge in [0.05, 0.1) is 25.2 Å². The van der Waals surface area contributed by atoms with E-state index in [1.165, 1.54) is 26.4 Å². The summed E-state index contributed by atoms with van der Waals surface area (Å²) in [5.41, 5.74) is 0.306. The third-order valence-corrected chi connectivity index (χ3v) is 5.39. The molecular formula is C14H24O3S. The lowest BCUT2D eigenvalue weighted by Crippen LogP contribution is -2.21. The number of carbonyl (C=O) groups excluding carboxylic acids is 1. The molecule has 1 saturated carbocycles. The SMILES string of the molecule is COC(=O)CC1(CSCC2CCC(C)(C)O2)CC1. The number of ether oxygens (including phenoxy) is 2. The molecule has 18 heavy (non-hydrogen) atoms. The normalized spacial score (nSPS) is 28.1. The first-order chi connectivity index (χ1) is 8.45. The van der Waals surface area contributed by atoms with E-state index in [2.05, 4.69) is 13.8 Å². The molecule has 2 fully saturated rings. The van der Waals surface area contributed by atoms with Crippen molar-refractivity contribution in [3.05, 3.63) is 0 Å². The van der Waals surface area contributed by atoms with Crippen LogP contribution in [0.15, 0.2) is 0 Å². The molecule has 0 amide bonds. The van der Waals surface area contributed by atoms with Crippen molar-refractivity contribution in [2.24, 2.45) is 5.41 Å². The van der Waals surface area contributed by atoms with Crippen molar-refractivity contribution < 1.29 is 14.3 Å². The summed E-state index contributed by atoms with van der Waals surface area (Å²) >= 11 is 1.94. The summed E-state index contributed by atoms with van der Waals surface area (Å²) in [4.78, 5) is 11.3. The highest BCUT2D eigenvalue weighted by Gasteiger charge is 2.44. The summed E-state index contributed by atoms with van der Waals surface area (Å²) in [6.07, 6.45) is 5.67. The largest absolute Gasteiger partial charge is 0.469 e. The first kappa shape index (κ1) is 14.2. The minimum Gasteiger partial charge on any atom is -0.469 e. The van der Waals surface area contributed by atoms with Gasteiger partial charge in [0.1, 0.15) is 0 Å². The van der Waals surface area contributed by atoms with Crippen LogP contribution in [0.5, 0.6) is 0 Å². The quantitative estimate of drug-likeness (QED) is 0.696. The molecule has 2 rings (SSSR count). The van der Waals surface area contributed by atoms with Crippen LogP contribution in [-0.2, 0) is 14.3 Å². The van der Waals surface area contributed by atoms with E-state index in [1.807, 2.05) is 11.8 Å². The van der Waals surface area contributed by atoms with E-state index in [-0.39, 0.29) is 17.0 Å². The van der Waals surface area contributed by atoms with Crippen LogP contribution in [-0.4, -0.2) is 36.3 Å². The van der Waals surface area contributed by atoms with Crippen LogP contribution < -0.4 is 0 Å². The maximum atomic E-state index is 11.3. The molecule has 1 atom stereocenters. The monoisotopic (exact) mass is 272 g/mol. The Morgan fingerprint density at radius 2 is 2.11 bits per heavy atom. The highest BCUT2D eigenvalue weighted by atomic mass is 32.2. The third-order valence-electron chi connectivity index (χ3n) is 3.97. The maximum Gasteiger partial charge on any atom is 0.306 e. The van der Waals surface area contributed by atoms with Gasteiger partial charge in [0.15, 0.2) is 0 Å². The van der Waals surface area contributed by atoms with E-state index in [0.717, 1.165) is 17.9 Å². The average molecular weight is 272 g/mol. The van der Waals surface area contributed by atoms with Crippen molar-refractivity contribution in [2.45, 2.75) is 57.7 Å². The van der Waals surface area contributed by atoms with Crippen LogP contribution in [0.3, 0.4) is 0 Å². The molecule has 4 heteroatoms. The Labute approximate surface area is 114 Å². The van der Waals surface area contributed by atoms with E-state index < -0.39 is 0 Å². The summed E-state index contributed by atoms with van der Waals surface area (Å²) < 4.78 is 10.7. The molecule has 0 N–H and O–H groups in total. The molecule has 1 saturated heterocycles. The second kappa shape index (κ2) is 5.41. The van der Waals surface area contributed by atoms with E-state index in [0.29, 0.717) is 12.5 Å². The van der Waals surface area contributed by atoms with Crippen molar-refractivity contribution in [2.75, 3.05) is 18.6 Å². The van der Waals surface area contributed by atoms with Crippen LogP contribution >= 0.6 is 11.8 Å². The number of hydrogen-bond acceptors (Lipinski definition) is 4. The summed E-state index contributed by atoms with van der Waals surface area (Å²) in [6, 6.07) is 0. The van der Waals surface area contributed by atoms with Crippen molar-refractivity contribution in [3.63, 3.8) is 0 Å². The highest BCUT2D eigenvalue weighted by molar-refractivity contribution is 7.99. The van der Waals surface area contributed by atoms with E-state index in [1.54, 1.807) is 0 Å². The molecule has 0 bridgehead atoms. The summed E-state index contributed by atoms with van der Waals surface area (Å²) in [5, 5.41) is 0. The Morgan fingerprint density at radius 1 is 1.39 bits per heavy atom. The average Bonchev–Trinajstić information content (AvgIpc) is 2.96. The Kier molecular flexibility index (Phi) is 4.27. The van der Waals surface area contributed by atoms with Crippen LogP contribution in [0.2, 0.25) is 0 Å². The lowest BCUT2D eigenvalue weighted by Gasteiger charge is -2.20. The molecule has 0 radical (unpaired) electrons. The van der Waals surface area contributed by atoms with Crippen molar-refractivity contribution in [1.82, 2.24) is 0 Å². The second-order valence-corrected chi connectivity index (χ2v) is 7.34. The molecule has 3 nitrogen and oxygen atoms in total. The summed E-state index contributed by atoms with van der Waals surface area (Å²) in [7, 11) is 1.47. The van der Waals surface area contributed by atoms with Gasteiger partial charge in [-0.25, -0.2) is 0 Å². The molecule has 104 valence electrons. The van der Waals surface area contributed by atoms with Crippen molar-refractivity contribution in [1.29, 1.82) is 0 Å². The maximum absolute atomic E-state index is 11.3. The van der Waals surface area contributed by atoms with Gasteiger partial charge in [-0.05, 0) is 50.7 Å². The van der Waals surface area contributed by atoms with Crippen LogP contribution in [0, 0.1) is 5.41 Å². The van der Waals surface area contributed by atoms with Gasteiger partial charge in [0.25, 0.3) is 0 Å². The number of rotatable bonds is 6. The Bertz CT molecular complexity index is 310. The topological polar surface area (TPSA) is 35.5 Å². The fourth-order valence-corrected chi connectivity index (χ4v) is 3.97. The highest BCUT2D eigenvalue weighted by Crippen LogP contribution is 2.51. The second-order valence-electron chi connectivity index (χ2n) is 6.31. The number of hydrogen-bond donors (Lipinski definition) is 0. The summed E-state index contributed by atoms with van der Waals surface area (Å²) in [6.45, 7) is 4.33. The Balaban J connectivity index is 1.65. The van der Waals surface area contributed by atoms with Crippen molar-refractivity contribution in [3.8, 4) is 0 Å². The minimum atomic E-state index is -0.0636. The molecule has 1 unspecified atom stereocenters. The lowest BCUT2D eigenvalue weighted by atomic mass is 10.1. The van der Waals surface area contributed by atoms with Gasteiger partial charge in [0.2, 0.25) is 0 Å². The predicted octanol–water partition coefficient (Wildman–Crippen LogP) is 3.02. The zero-order valence-electron chi connectivity index (χ0n) is 11.7. The molecule has 1 aliphatic carbocycles. The molecule has 0 spiro atoms. The molecule has 2 aliphatic rings. The smallest absolute Gasteiger partial charge is 0.306 e. The Hall–Kier alpha value is -0.220. The zero-order chi connectivity index (χ0) is 13.2. The van der Waals surface area contributed by atoms with Gasteiger partial charge in [-0.1, -0.05) is 0 Å². The van der Waals surface area contributed by atoms with Gasteiger partial charge in [-0.2, -0.15) is 11.8 Å². The van der Waals surface area contributed by atoms with Gasteiger partial charge in [-0.3, -0.25) is 4.79 Å². The number of methoxy groups -OCH3 is 1. The first-order valence-corrected chi connectivity index (χ1v) is 7.93. The molecule has 0 aromatic rings. The van der Waals surface area contributed by atoms with E-state index >= 15 is 0 Å². The molecule has 1 heterocycles. The number of thioether (sulfide) groups is 1. The minimum absolute atomic E-state index is 0.0636. The summed E-state index contributed by atoms with van der Waals surface area (Å²) in [5.74, 6) is 2.07. The predicted molar refractivity (Wildman–Crippen MR) is 73.8 cm³/mol. The number of esters is 1. The molecule has 0 aromatic carbocycles. The van der Waals surface area contributed by atoms with Gasteiger partial charge in [0, 0.05) is 5.75 Å². The fourth-order valence-electron chi connectivity index (χ4n) is 2.53. The first-order valence-electron chi connectivity index (χ1n) is 6.77.